The third kappa shape index (κ3) is 5.44. The zero-order valence-corrected chi connectivity index (χ0v) is 14.9. The van der Waals surface area contributed by atoms with E-state index in [0.717, 1.165) is 19.6 Å². The fourth-order valence-electron chi connectivity index (χ4n) is 2.88. The van der Waals surface area contributed by atoms with Crippen LogP contribution < -0.4 is 5.32 Å². The molecule has 1 aromatic rings. The summed E-state index contributed by atoms with van der Waals surface area (Å²) in [5.74, 6) is 0. The zero-order valence-electron chi connectivity index (χ0n) is 14.9. The number of benzene rings is 1. The van der Waals surface area contributed by atoms with E-state index in [9.17, 15) is 0 Å². The molecule has 0 aliphatic carbocycles. The van der Waals surface area contributed by atoms with Crippen molar-refractivity contribution in [1.82, 2.24) is 5.32 Å². The highest BCUT2D eigenvalue weighted by Gasteiger charge is 2.32. The third-order valence-corrected chi connectivity index (χ3v) is 4.06. The summed E-state index contributed by atoms with van der Waals surface area (Å²) in [5, 5.41) is 3.63. The number of nitrogens with one attached hydrogen (secondary N) is 1. The van der Waals surface area contributed by atoms with Crippen molar-refractivity contribution in [2.75, 3.05) is 13.2 Å². The summed E-state index contributed by atoms with van der Waals surface area (Å²) in [6.07, 6.45) is 1.22. The maximum atomic E-state index is 6.08. The van der Waals surface area contributed by atoms with E-state index in [2.05, 4.69) is 72.0 Å². The predicted molar refractivity (Wildman–Crippen MR) is 92.0 cm³/mol. The quantitative estimate of drug-likeness (QED) is 0.810. The van der Waals surface area contributed by atoms with Crippen molar-refractivity contribution in [3.05, 3.63) is 34.9 Å². The number of hydrogen-bond donors (Lipinski definition) is 1. The second-order valence-corrected chi connectivity index (χ2v) is 7.03. The van der Waals surface area contributed by atoms with Gasteiger partial charge in [0, 0.05) is 12.6 Å². The fourth-order valence-corrected chi connectivity index (χ4v) is 2.88. The standard InChI is InChI=1S/C19H33NO/c1-8-20-17(18(21-9-2)19(5,6)7)13-16-11-10-14(3)15(4)12-16/h10-12,17-18,20H,8-9,13H2,1-7H3. The summed E-state index contributed by atoms with van der Waals surface area (Å²) in [4.78, 5) is 0. The summed E-state index contributed by atoms with van der Waals surface area (Å²) in [6, 6.07) is 7.13. The lowest BCUT2D eigenvalue weighted by molar-refractivity contribution is -0.0352. The molecule has 0 heterocycles. The van der Waals surface area contributed by atoms with Crippen LogP contribution in [0.1, 0.15) is 51.3 Å². The van der Waals surface area contributed by atoms with Crippen LogP contribution >= 0.6 is 0 Å². The smallest absolute Gasteiger partial charge is 0.0779 e. The van der Waals surface area contributed by atoms with Crippen LogP contribution in [-0.4, -0.2) is 25.3 Å². The van der Waals surface area contributed by atoms with Crippen molar-refractivity contribution in [2.45, 2.75) is 67.0 Å². The van der Waals surface area contributed by atoms with Crippen molar-refractivity contribution < 1.29 is 4.74 Å². The molecule has 0 fully saturated rings. The molecule has 2 heteroatoms. The van der Waals surface area contributed by atoms with Crippen LogP contribution in [-0.2, 0) is 11.2 Å². The first-order valence-corrected chi connectivity index (χ1v) is 8.20. The molecule has 2 atom stereocenters. The van der Waals surface area contributed by atoms with Gasteiger partial charge in [0.2, 0.25) is 0 Å². The molecule has 2 unspecified atom stereocenters. The van der Waals surface area contributed by atoms with Crippen LogP contribution in [0.2, 0.25) is 0 Å². The average Bonchev–Trinajstić information content (AvgIpc) is 2.38. The van der Waals surface area contributed by atoms with Gasteiger partial charge in [-0.25, -0.2) is 0 Å². The first-order valence-electron chi connectivity index (χ1n) is 8.20. The monoisotopic (exact) mass is 291 g/mol. The second-order valence-electron chi connectivity index (χ2n) is 7.03. The van der Waals surface area contributed by atoms with Gasteiger partial charge in [-0.3, -0.25) is 0 Å². The lowest BCUT2D eigenvalue weighted by Gasteiger charge is -2.37. The van der Waals surface area contributed by atoms with Crippen molar-refractivity contribution in [2.24, 2.45) is 5.41 Å². The summed E-state index contributed by atoms with van der Waals surface area (Å²) >= 11 is 0. The maximum Gasteiger partial charge on any atom is 0.0779 e. The van der Waals surface area contributed by atoms with Crippen molar-refractivity contribution in [3.63, 3.8) is 0 Å². The minimum atomic E-state index is 0.128. The van der Waals surface area contributed by atoms with Gasteiger partial charge in [-0.05, 0) is 55.8 Å². The van der Waals surface area contributed by atoms with E-state index in [1.165, 1.54) is 16.7 Å². The molecule has 0 aromatic heterocycles. The molecule has 0 bridgehead atoms. The van der Waals surface area contributed by atoms with E-state index < -0.39 is 0 Å². The van der Waals surface area contributed by atoms with E-state index in [1.54, 1.807) is 0 Å². The normalized spacial score (nSPS) is 15.0. The maximum absolute atomic E-state index is 6.08. The molecule has 0 aliphatic rings. The van der Waals surface area contributed by atoms with Crippen molar-refractivity contribution in [3.8, 4) is 0 Å². The van der Waals surface area contributed by atoms with Gasteiger partial charge in [0.1, 0.15) is 0 Å². The number of likely N-dealkylation sites (N-methyl/N-ethyl adjacent to an activating group) is 1. The molecule has 2 nitrogen and oxygen atoms in total. The summed E-state index contributed by atoms with van der Waals surface area (Å²) in [5.41, 5.74) is 4.24. The Morgan fingerprint density at radius 1 is 1.10 bits per heavy atom. The summed E-state index contributed by atoms with van der Waals surface area (Å²) in [7, 11) is 0. The van der Waals surface area contributed by atoms with E-state index in [-0.39, 0.29) is 11.5 Å². The molecule has 0 saturated heterocycles. The van der Waals surface area contributed by atoms with Crippen molar-refractivity contribution in [1.29, 1.82) is 0 Å². The molecule has 1 aromatic carbocycles. The average molecular weight is 291 g/mol. The van der Waals surface area contributed by atoms with Crippen LogP contribution in [0.4, 0.5) is 0 Å². The van der Waals surface area contributed by atoms with Gasteiger partial charge in [0.25, 0.3) is 0 Å². The number of hydrogen-bond acceptors (Lipinski definition) is 2. The number of aryl methyl sites for hydroxylation is 2. The van der Waals surface area contributed by atoms with Gasteiger partial charge in [-0.1, -0.05) is 45.9 Å². The third-order valence-electron chi connectivity index (χ3n) is 4.06. The second kappa shape index (κ2) is 7.95. The number of ether oxygens (including phenoxy) is 1. The Bertz CT molecular complexity index is 434. The minimum absolute atomic E-state index is 0.128. The fraction of sp³-hybridized carbons (Fsp3) is 0.684. The molecule has 1 rings (SSSR count). The first kappa shape index (κ1) is 18.2. The van der Waals surface area contributed by atoms with Gasteiger partial charge >= 0.3 is 0 Å². The van der Waals surface area contributed by atoms with Crippen LogP contribution in [0.5, 0.6) is 0 Å². The molecular formula is C19H33NO. The highest BCUT2D eigenvalue weighted by atomic mass is 16.5. The highest BCUT2D eigenvalue weighted by molar-refractivity contribution is 5.30. The Hall–Kier alpha value is -0.860. The van der Waals surface area contributed by atoms with Crippen LogP contribution in [0.25, 0.3) is 0 Å². The van der Waals surface area contributed by atoms with Gasteiger partial charge in [0.05, 0.1) is 6.10 Å². The summed E-state index contributed by atoms with van der Waals surface area (Å²) < 4.78 is 6.08. The topological polar surface area (TPSA) is 21.3 Å². The Balaban J connectivity index is 2.95. The van der Waals surface area contributed by atoms with Crippen LogP contribution in [0.3, 0.4) is 0 Å². The molecule has 21 heavy (non-hydrogen) atoms. The van der Waals surface area contributed by atoms with E-state index in [0.29, 0.717) is 6.04 Å². The van der Waals surface area contributed by atoms with Gasteiger partial charge in [-0.2, -0.15) is 0 Å². The Morgan fingerprint density at radius 2 is 1.76 bits per heavy atom. The lowest BCUT2D eigenvalue weighted by atomic mass is 9.82. The van der Waals surface area contributed by atoms with Crippen molar-refractivity contribution >= 4 is 0 Å². The van der Waals surface area contributed by atoms with E-state index >= 15 is 0 Å². The molecule has 0 saturated carbocycles. The molecule has 0 aliphatic heterocycles. The molecule has 120 valence electrons. The lowest BCUT2D eigenvalue weighted by Crippen LogP contribution is -2.49. The Kier molecular flexibility index (Phi) is 6.89. The number of rotatable bonds is 7. The zero-order chi connectivity index (χ0) is 16.0. The van der Waals surface area contributed by atoms with Gasteiger partial charge in [-0.15, -0.1) is 0 Å². The molecule has 0 radical (unpaired) electrons. The van der Waals surface area contributed by atoms with Crippen LogP contribution in [0.15, 0.2) is 18.2 Å². The van der Waals surface area contributed by atoms with Gasteiger partial charge in [0.15, 0.2) is 0 Å². The van der Waals surface area contributed by atoms with E-state index in [4.69, 9.17) is 4.74 Å². The Labute approximate surface area is 131 Å². The van der Waals surface area contributed by atoms with Gasteiger partial charge < -0.3 is 10.1 Å². The Morgan fingerprint density at radius 3 is 2.24 bits per heavy atom. The van der Waals surface area contributed by atoms with E-state index in [1.807, 2.05) is 0 Å². The first-order chi connectivity index (χ1) is 9.79. The summed E-state index contributed by atoms with van der Waals surface area (Å²) in [6.45, 7) is 17.1. The molecule has 1 N–H and O–H groups in total. The molecular weight excluding hydrogens is 258 g/mol. The highest BCUT2D eigenvalue weighted by Crippen LogP contribution is 2.27. The minimum Gasteiger partial charge on any atom is -0.376 e. The van der Waals surface area contributed by atoms with Crippen LogP contribution in [0, 0.1) is 19.3 Å². The SMILES string of the molecule is CCNC(Cc1ccc(C)c(C)c1)C(OCC)C(C)(C)C. The largest absolute Gasteiger partial charge is 0.376 e. The molecule has 0 spiro atoms. The molecule has 0 amide bonds. The predicted octanol–water partition coefficient (Wildman–Crippen LogP) is 4.28.